The van der Waals surface area contributed by atoms with Gasteiger partial charge < -0.3 is 10.2 Å². The van der Waals surface area contributed by atoms with E-state index in [-0.39, 0.29) is 0 Å². The van der Waals surface area contributed by atoms with Gasteiger partial charge in [-0.25, -0.2) is 9.97 Å². The molecule has 0 saturated carbocycles. The van der Waals surface area contributed by atoms with Gasteiger partial charge in [0.05, 0.1) is 25.7 Å². The number of anilines is 1. The Hall–Kier alpha value is -1.16. The average molecular weight is 233 g/mol. The van der Waals surface area contributed by atoms with Gasteiger partial charge >= 0.3 is 0 Å². The predicted octanol–water partition coefficient (Wildman–Crippen LogP) is 0.182. The number of fused-ring (bicyclic) bond motifs is 3. The van der Waals surface area contributed by atoms with E-state index in [0.29, 0.717) is 6.04 Å². The van der Waals surface area contributed by atoms with Crippen molar-refractivity contribution in [2.24, 2.45) is 5.92 Å². The van der Waals surface area contributed by atoms with Crippen molar-refractivity contribution in [1.82, 2.24) is 9.97 Å². The Labute approximate surface area is 102 Å². The van der Waals surface area contributed by atoms with Crippen molar-refractivity contribution in [2.45, 2.75) is 32.7 Å². The van der Waals surface area contributed by atoms with Crippen LogP contribution in [0.1, 0.15) is 24.2 Å². The van der Waals surface area contributed by atoms with Gasteiger partial charge in [0, 0.05) is 24.2 Å². The van der Waals surface area contributed by atoms with Gasteiger partial charge in [0.1, 0.15) is 0 Å². The van der Waals surface area contributed by atoms with Crippen LogP contribution in [0.4, 0.5) is 5.95 Å². The highest BCUT2D eigenvalue weighted by atomic mass is 15.2. The lowest BCUT2D eigenvalue weighted by molar-refractivity contribution is -0.916. The van der Waals surface area contributed by atoms with Gasteiger partial charge in [-0.2, -0.15) is 0 Å². The molecule has 4 heteroatoms. The number of nitrogens with one attached hydrogen (secondary N) is 2. The first-order valence-electron chi connectivity index (χ1n) is 6.63. The second-order valence-electron chi connectivity index (χ2n) is 5.52. The summed E-state index contributed by atoms with van der Waals surface area (Å²) in [6.07, 6.45) is 2.72. The van der Waals surface area contributed by atoms with Crippen molar-refractivity contribution in [2.75, 3.05) is 25.0 Å². The molecule has 0 aliphatic carbocycles. The van der Waals surface area contributed by atoms with E-state index in [2.05, 4.69) is 15.3 Å². The van der Waals surface area contributed by atoms with Crippen LogP contribution in [-0.4, -0.2) is 35.6 Å². The second-order valence-corrected chi connectivity index (χ2v) is 5.52. The summed E-state index contributed by atoms with van der Waals surface area (Å²) >= 11 is 0. The van der Waals surface area contributed by atoms with Gasteiger partial charge in [0.2, 0.25) is 5.95 Å². The third-order valence-corrected chi connectivity index (χ3v) is 4.11. The second kappa shape index (κ2) is 4.26. The molecule has 3 aliphatic rings. The van der Waals surface area contributed by atoms with Crippen LogP contribution >= 0.6 is 0 Å². The molecule has 3 aliphatic heterocycles. The highest BCUT2D eigenvalue weighted by Gasteiger charge is 2.37. The van der Waals surface area contributed by atoms with Crippen LogP contribution in [-0.2, 0) is 0 Å². The zero-order valence-electron chi connectivity index (χ0n) is 10.7. The average Bonchev–Trinajstić information content (AvgIpc) is 2.29. The summed E-state index contributed by atoms with van der Waals surface area (Å²) < 4.78 is 0. The third kappa shape index (κ3) is 2.27. The number of hydrogen-bond acceptors (Lipinski definition) is 3. The van der Waals surface area contributed by atoms with Crippen molar-refractivity contribution < 1.29 is 4.90 Å². The lowest BCUT2D eigenvalue weighted by Crippen LogP contribution is -3.16. The highest BCUT2D eigenvalue weighted by molar-refractivity contribution is 5.29. The monoisotopic (exact) mass is 233 g/mol. The zero-order chi connectivity index (χ0) is 11.8. The Bertz CT molecular complexity index is 390. The SMILES string of the molecule is Cc1cc(C)nc(N[C@H]2C[NH+]3CCC2CC3)n1. The maximum absolute atomic E-state index is 4.48. The summed E-state index contributed by atoms with van der Waals surface area (Å²) in [4.78, 5) is 10.7. The molecule has 1 atom stereocenters. The van der Waals surface area contributed by atoms with Crippen LogP contribution < -0.4 is 10.2 Å². The molecule has 0 amide bonds. The van der Waals surface area contributed by atoms with E-state index in [4.69, 9.17) is 0 Å². The first-order valence-corrected chi connectivity index (χ1v) is 6.63. The fourth-order valence-corrected chi connectivity index (χ4v) is 3.26. The molecule has 3 fully saturated rings. The predicted molar refractivity (Wildman–Crippen MR) is 67.2 cm³/mol. The van der Waals surface area contributed by atoms with Crippen LogP contribution in [0, 0.1) is 19.8 Å². The number of aryl methyl sites for hydroxylation is 2. The minimum absolute atomic E-state index is 0.577. The summed E-state index contributed by atoms with van der Waals surface area (Å²) in [5, 5.41) is 3.55. The number of aromatic nitrogens is 2. The van der Waals surface area contributed by atoms with Crippen LogP contribution in [0.25, 0.3) is 0 Å². The van der Waals surface area contributed by atoms with Gasteiger partial charge in [0.25, 0.3) is 0 Å². The normalized spacial score (nSPS) is 31.5. The van der Waals surface area contributed by atoms with E-state index in [1.54, 1.807) is 4.90 Å². The van der Waals surface area contributed by atoms with Crippen molar-refractivity contribution in [1.29, 1.82) is 0 Å². The molecule has 4 heterocycles. The Morgan fingerprint density at radius 2 is 1.82 bits per heavy atom. The van der Waals surface area contributed by atoms with Gasteiger partial charge in [0.15, 0.2) is 0 Å². The first-order chi connectivity index (χ1) is 8.20. The molecule has 2 bridgehead atoms. The molecule has 0 aromatic carbocycles. The van der Waals surface area contributed by atoms with Crippen molar-refractivity contribution in [3.05, 3.63) is 17.5 Å². The molecule has 0 radical (unpaired) electrons. The van der Waals surface area contributed by atoms with Crippen LogP contribution in [0.5, 0.6) is 0 Å². The molecular weight excluding hydrogens is 212 g/mol. The Morgan fingerprint density at radius 3 is 2.35 bits per heavy atom. The number of rotatable bonds is 2. The largest absolute Gasteiger partial charge is 0.346 e. The molecule has 3 saturated heterocycles. The van der Waals surface area contributed by atoms with Crippen molar-refractivity contribution >= 4 is 5.95 Å². The van der Waals surface area contributed by atoms with Crippen molar-refractivity contribution in [3.63, 3.8) is 0 Å². The van der Waals surface area contributed by atoms with Gasteiger partial charge in [-0.3, -0.25) is 0 Å². The first kappa shape index (κ1) is 11.0. The number of piperidine rings is 3. The molecular formula is C13H21N4+. The fourth-order valence-electron chi connectivity index (χ4n) is 3.26. The lowest BCUT2D eigenvalue weighted by Gasteiger charge is -2.42. The summed E-state index contributed by atoms with van der Waals surface area (Å²) in [7, 11) is 0. The van der Waals surface area contributed by atoms with E-state index in [1.165, 1.54) is 32.5 Å². The van der Waals surface area contributed by atoms with Gasteiger partial charge in [-0.05, 0) is 25.8 Å². The van der Waals surface area contributed by atoms with E-state index < -0.39 is 0 Å². The summed E-state index contributed by atoms with van der Waals surface area (Å²) in [5.74, 6) is 1.65. The van der Waals surface area contributed by atoms with Crippen LogP contribution in [0.2, 0.25) is 0 Å². The van der Waals surface area contributed by atoms with Gasteiger partial charge in [-0.1, -0.05) is 0 Å². The smallest absolute Gasteiger partial charge is 0.223 e. The van der Waals surface area contributed by atoms with Gasteiger partial charge in [-0.15, -0.1) is 0 Å². The fraction of sp³-hybridized carbons (Fsp3) is 0.692. The maximum atomic E-state index is 4.48. The minimum atomic E-state index is 0.577. The quantitative estimate of drug-likeness (QED) is 0.766. The summed E-state index contributed by atoms with van der Waals surface area (Å²) in [6.45, 7) is 8.01. The Morgan fingerprint density at radius 1 is 1.18 bits per heavy atom. The number of nitrogens with zero attached hydrogens (tertiary/aromatic N) is 2. The van der Waals surface area contributed by atoms with E-state index in [0.717, 1.165) is 23.3 Å². The van der Waals surface area contributed by atoms with Crippen LogP contribution in [0.15, 0.2) is 6.07 Å². The molecule has 1 aromatic rings. The summed E-state index contributed by atoms with van der Waals surface area (Å²) in [5.41, 5.74) is 2.10. The topological polar surface area (TPSA) is 42.2 Å². The van der Waals surface area contributed by atoms with E-state index in [1.807, 2.05) is 19.9 Å². The number of quaternary nitrogens is 1. The van der Waals surface area contributed by atoms with Crippen molar-refractivity contribution in [3.8, 4) is 0 Å². The molecule has 92 valence electrons. The molecule has 4 rings (SSSR count). The van der Waals surface area contributed by atoms with E-state index in [9.17, 15) is 0 Å². The standard InChI is InChI=1S/C13H20N4/c1-9-7-10(2)15-13(14-9)16-12-8-17-5-3-11(12)4-6-17/h7,11-12H,3-6,8H2,1-2H3,(H,14,15,16)/p+1/t12-/m0/s1. The zero-order valence-corrected chi connectivity index (χ0v) is 10.7. The molecule has 2 N–H and O–H groups in total. The molecule has 0 spiro atoms. The third-order valence-electron chi connectivity index (χ3n) is 4.11. The minimum Gasteiger partial charge on any atom is -0.346 e. The molecule has 0 unspecified atom stereocenters. The Kier molecular flexibility index (Phi) is 2.74. The lowest BCUT2D eigenvalue weighted by atomic mass is 9.84. The maximum Gasteiger partial charge on any atom is 0.223 e. The molecule has 4 nitrogen and oxygen atoms in total. The molecule has 1 aromatic heterocycles. The van der Waals surface area contributed by atoms with Crippen LogP contribution in [0.3, 0.4) is 0 Å². The highest BCUT2D eigenvalue weighted by Crippen LogP contribution is 2.20. The summed E-state index contributed by atoms with van der Waals surface area (Å²) in [6, 6.07) is 2.60. The molecule has 17 heavy (non-hydrogen) atoms. The number of hydrogen-bond donors (Lipinski definition) is 2. The Balaban J connectivity index is 1.74. The van der Waals surface area contributed by atoms with E-state index >= 15 is 0 Å².